The number of carboxylic acid groups (broad SMARTS) is 2. The van der Waals surface area contributed by atoms with Crippen LogP contribution in [0.1, 0.15) is 12.5 Å². The van der Waals surface area contributed by atoms with Crippen LogP contribution in [0.3, 0.4) is 0 Å². The second-order valence-corrected chi connectivity index (χ2v) is 8.91. The van der Waals surface area contributed by atoms with Gasteiger partial charge >= 0.3 is 12.1 Å². The van der Waals surface area contributed by atoms with Crippen molar-refractivity contribution in [3.05, 3.63) is 60.2 Å². The first-order chi connectivity index (χ1) is 18.9. The number of benzene rings is 3. The van der Waals surface area contributed by atoms with Crippen LogP contribution in [0.4, 0.5) is 4.79 Å². The fraction of sp³-hybridized carbons (Fsp3) is 0.185. The molecule has 0 aliphatic heterocycles. The van der Waals surface area contributed by atoms with Crippen LogP contribution < -0.4 is 18.9 Å². The summed E-state index contributed by atoms with van der Waals surface area (Å²) in [5, 5.41) is 19.6. The van der Waals surface area contributed by atoms with E-state index in [4.69, 9.17) is 18.9 Å². The lowest BCUT2D eigenvalue weighted by Crippen LogP contribution is -2.11. The molecule has 0 aliphatic carbocycles. The Morgan fingerprint density at radius 3 is 2.49 bits per heavy atom. The number of hydrogen-bond acceptors (Lipinski definition) is 9. The highest BCUT2D eigenvalue weighted by Crippen LogP contribution is 2.46. The molecule has 0 aliphatic rings. The van der Waals surface area contributed by atoms with E-state index in [2.05, 4.69) is 8.75 Å². The average Bonchev–Trinajstić information content (AvgIpc) is 3.49. The summed E-state index contributed by atoms with van der Waals surface area (Å²) in [6.45, 7) is 1.93. The molecule has 5 rings (SSSR count). The minimum absolute atomic E-state index is 0.0352. The maximum atomic E-state index is 11.9. The van der Waals surface area contributed by atoms with Gasteiger partial charge in [0.1, 0.15) is 28.3 Å². The minimum atomic E-state index is -1.51. The Morgan fingerprint density at radius 2 is 1.74 bits per heavy atom. The van der Waals surface area contributed by atoms with Crippen molar-refractivity contribution in [3.63, 3.8) is 0 Å². The predicted octanol–water partition coefficient (Wildman–Crippen LogP) is 5.29. The number of rotatable bonds is 10. The van der Waals surface area contributed by atoms with Gasteiger partial charge in [-0.3, -0.25) is 0 Å². The van der Waals surface area contributed by atoms with Gasteiger partial charge in [-0.25, -0.2) is 9.59 Å². The Labute approximate surface area is 226 Å². The molecule has 0 atom stereocenters. The monoisotopic (exact) mass is 549 g/mol. The zero-order chi connectivity index (χ0) is 27.5. The highest BCUT2D eigenvalue weighted by molar-refractivity contribution is 7.00. The molecule has 0 unspecified atom stereocenters. The quantitative estimate of drug-likeness (QED) is 0.221. The van der Waals surface area contributed by atoms with Gasteiger partial charge in [0.25, 0.3) is 0 Å². The van der Waals surface area contributed by atoms with Crippen LogP contribution in [0.25, 0.3) is 33.1 Å². The second-order valence-electron chi connectivity index (χ2n) is 8.38. The molecule has 0 fully saturated rings. The first-order valence-electron chi connectivity index (χ1n) is 11.8. The van der Waals surface area contributed by atoms with Gasteiger partial charge in [0.05, 0.1) is 43.1 Å². The molecule has 200 valence electrons. The molecule has 3 aromatic carbocycles. The third-order valence-corrected chi connectivity index (χ3v) is 6.51. The number of carbonyl (C=O) groups is 2. The van der Waals surface area contributed by atoms with E-state index in [-0.39, 0.29) is 18.2 Å². The number of fused-ring (bicyclic) bond motifs is 2. The maximum Gasteiger partial charge on any atom is 0.512 e. The lowest BCUT2D eigenvalue weighted by Gasteiger charge is -2.14. The van der Waals surface area contributed by atoms with Crippen LogP contribution in [0.2, 0.25) is 0 Å². The van der Waals surface area contributed by atoms with Crippen molar-refractivity contribution in [1.29, 1.82) is 0 Å². The Balaban J connectivity index is 1.77. The first kappa shape index (κ1) is 25.8. The average molecular weight is 550 g/mol. The Hall–Kier alpha value is -4.84. The third-order valence-electron chi connectivity index (χ3n) is 5.95. The molecule has 2 N–H and O–H groups in total. The molecule has 0 bridgehead atoms. The molecule has 0 saturated carbocycles. The molecule has 5 aromatic rings. The van der Waals surface area contributed by atoms with Crippen LogP contribution in [0, 0.1) is 0 Å². The third kappa shape index (κ3) is 5.27. The van der Waals surface area contributed by atoms with Crippen molar-refractivity contribution in [3.8, 4) is 34.3 Å². The van der Waals surface area contributed by atoms with Crippen LogP contribution in [0.5, 0.6) is 23.1 Å². The van der Waals surface area contributed by atoms with Gasteiger partial charge in [0.2, 0.25) is 5.88 Å². The Kier molecular flexibility index (Phi) is 7.19. The van der Waals surface area contributed by atoms with Crippen molar-refractivity contribution >= 4 is 45.8 Å². The van der Waals surface area contributed by atoms with Gasteiger partial charge < -0.3 is 33.7 Å². The summed E-state index contributed by atoms with van der Waals surface area (Å²) in [7, 11) is 1.48. The molecule has 11 nitrogen and oxygen atoms in total. The molecule has 39 heavy (non-hydrogen) atoms. The van der Waals surface area contributed by atoms with Crippen LogP contribution in [-0.4, -0.2) is 56.0 Å². The lowest BCUT2D eigenvalue weighted by atomic mass is 10.0. The molecule has 0 radical (unpaired) electrons. The number of aromatic nitrogens is 3. The minimum Gasteiger partial charge on any atom is -0.497 e. The lowest BCUT2D eigenvalue weighted by molar-refractivity contribution is -0.139. The molecular formula is C27H23N3O8S. The molecule has 0 amide bonds. The van der Waals surface area contributed by atoms with E-state index in [9.17, 15) is 19.8 Å². The van der Waals surface area contributed by atoms with E-state index >= 15 is 0 Å². The van der Waals surface area contributed by atoms with E-state index in [1.54, 1.807) is 34.9 Å². The smallest absolute Gasteiger partial charge is 0.497 e. The predicted molar refractivity (Wildman–Crippen MR) is 143 cm³/mol. The van der Waals surface area contributed by atoms with Crippen molar-refractivity contribution in [2.24, 2.45) is 0 Å². The van der Waals surface area contributed by atoms with Gasteiger partial charge in [-0.2, -0.15) is 8.75 Å². The molecular weight excluding hydrogens is 526 g/mol. The standard InChI is InChI=1S/C27H23N3O8S/c1-3-36-17-6-9-22-19(11-17)25(18-7-5-16(35-2)12-23(18)37-14-24(31)32)26(38-27(33)34)30(22)13-15-4-8-20-21(10-15)29-39-28-20/h4-12H,3,13-14H2,1-2H3,(H,31,32)(H,33,34). The summed E-state index contributed by atoms with van der Waals surface area (Å²) in [6.07, 6.45) is -1.51. The number of methoxy groups -OCH3 is 1. The fourth-order valence-corrected chi connectivity index (χ4v) is 4.89. The van der Waals surface area contributed by atoms with Gasteiger partial charge in [-0.05, 0) is 55.0 Å². The molecule has 2 aromatic heterocycles. The fourth-order valence-electron chi connectivity index (χ4n) is 4.38. The Morgan fingerprint density at radius 1 is 0.949 bits per heavy atom. The van der Waals surface area contributed by atoms with E-state index < -0.39 is 18.7 Å². The summed E-state index contributed by atoms with van der Waals surface area (Å²) in [6, 6.07) is 15.9. The van der Waals surface area contributed by atoms with E-state index in [1.807, 2.05) is 31.2 Å². The molecule has 0 saturated heterocycles. The van der Waals surface area contributed by atoms with Crippen LogP contribution in [-0.2, 0) is 11.3 Å². The number of aliphatic carboxylic acids is 1. The summed E-state index contributed by atoms with van der Waals surface area (Å²) in [5.74, 6) is 0.0556. The summed E-state index contributed by atoms with van der Waals surface area (Å²) in [5.41, 5.74) is 3.83. The Bertz CT molecular complexity index is 1690. The summed E-state index contributed by atoms with van der Waals surface area (Å²) < 4.78 is 32.3. The van der Waals surface area contributed by atoms with Gasteiger partial charge in [0, 0.05) is 17.0 Å². The molecule has 12 heteroatoms. The van der Waals surface area contributed by atoms with Gasteiger partial charge in [-0.1, -0.05) is 6.07 Å². The molecule has 2 heterocycles. The van der Waals surface area contributed by atoms with Crippen molar-refractivity contribution in [2.45, 2.75) is 13.5 Å². The highest BCUT2D eigenvalue weighted by Gasteiger charge is 2.26. The zero-order valence-electron chi connectivity index (χ0n) is 20.9. The van der Waals surface area contributed by atoms with Crippen molar-refractivity contribution < 1.29 is 38.7 Å². The largest absolute Gasteiger partial charge is 0.512 e. The number of hydrogen-bond donors (Lipinski definition) is 2. The van der Waals surface area contributed by atoms with E-state index in [0.717, 1.165) is 28.3 Å². The van der Waals surface area contributed by atoms with Crippen molar-refractivity contribution in [1.82, 2.24) is 13.3 Å². The number of carboxylic acids is 1. The highest BCUT2D eigenvalue weighted by atomic mass is 32.1. The van der Waals surface area contributed by atoms with Gasteiger partial charge in [-0.15, -0.1) is 0 Å². The number of nitrogens with zero attached hydrogens (tertiary/aromatic N) is 3. The SMILES string of the molecule is CCOc1ccc2c(c1)c(-c1ccc(OC)cc1OCC(=O)O)c(OC(=O)O)n2Cc1ccc2nsnc2c1. The normalized spacial score (nSPS) is 11.0. The maximum absolute atomic E-state index is 11.9. The number of ether oxygens (including phenoxy) is 4. The topological polar surface area (TPSA) is 142 Å². The van der Waals surface area contributed by atoms with Crippen LogP contribution >= 0.6 is 11.7 Å². The van der Waals surface area contributed by atoms with Crippen molar-refractivity contribution in [2.75, 3.05) is 20.3 Å². The van der Waals surface area contributed by atoms with E-state index in [0.29, 0.717) is 40.1 Å². The van der Waals surface area contributed by atoms with Crippen LogP contribution in [0.15, 0.2) is 54.6 Å². The summed E-state index contributed by atoms with van der Waals surface area (Å²) >= 11 is 1.11. The first-order valence-corrected chi connectivity index (χ1v) is 12.5. The van der Waals surface area contributed by atoms with Gasteiger partial charge in [0.15, 0.2) is 6.61 Å². The molecule has 0 spiro atoms. The van der Waals surface area contributed by atoms with E-state index in [1.165, 1.54) is 7.11 Å². The second kappa shape index (κ2) is 10.9. The summed E-state index contributed by atoms with van der Waals surface area (Å²) in [4.78, 5) is 23.2. The zero-order valence-corrected chi connectivity index (χ0v) is 21.7.